The van der Waals surface area contributed by atoms with Crippen LogP contribution in [0.2, 0.25) is 0 Å². The number of methoxy groups -OCH3 is 2. The van der Waals surface area contributed by atoms with E-state index in [9.17, 15) is 4.79 Å². The van der Waals surface area contributed by atoms with Crippen LogP contribution in [0.25, 0.3) is 0 Å². The molecule has 0 spiro atoms. The third-order valence-electron chi connectivity index (χ3n) is 5.53. The number of likely N-dealkylation sites (tertiary alicyclic amines) is 1. The SMILES string of the molecule is COc1ccc(OC)c(CN2C[C@H]3CNC(=O)c4ccccc4[C@@H]3C2)c1. The van der Waals surface area contributed by atoms with Crippen molar-refractivity contribution in [2.45, 2.75) is 12.5 Å². The van der Waals surface area contributed by atoms with E-state index in [1.165, 1.54) is 5.56 Å². The normalized spacial score (nSPS) is 22.2. The lowest BCUT2D eigenvalue weighted by Gasteiger charge is -2.19. The van der Waals surface area contributed by atoms with Crippen molar-refractivity contribution in [1.82, 2.24) is 10.2 Å². The minimum absolute atomic E-state index is 0.0519. The highest BCUT2D eigenvalue weighted by Crippen LogP contribution is 2.37. The molecule has 0 radical (unpaired) electrons. The van der Waals surface area contributed by atoms with Gasteiger partial charge < -0.3 is 14.8 Å². The molecule has 2 aromatic rings. The molecule has 0 aliphatic carbocycles. The Morgan fingerprint density at radius 2 is 1.96 bits per heavy atom. The van der Waals surface area contributed by atoms with Crippen LogP contribution in [0.3, 0.4) is 0 Å². The molecular formula is C21H24N2O3. The lowest BCUT2D eigenvalue weighted by Crippen LogP contribution is -2.29. The van der Waals surface area contributed by atoms with Gasteiger partial charge in [0.2, 0.25) is 0 Å². The van der Waals surface area contributed by atoms with Crippen LogP contribution in [0, 0.1) is 5.92 Å². The largest absolute Gasteiger partial charge is 0.497 e. The zero-order valence-electron chi connectivity index (χ0n) is 15.2. The fourth-order valence-corrected chi connectivity index (χ4v) is 4.24. The highest BCUT2D eigenvalue weighted by atomic mass is 16.5. The van der Waals surface area contributed by atoms with Gasteiger partial charge in [-0.1, -0.05) is 18.2 Å². The summed E-state index contributed by atoms with van der Waals surface area (Å²) >= 11 is 0. The average Bonchev–Trinajstić information content (AvgIpc) is 3.03. The highest BCUT2D eigenvalue weighted by molar-refractivity contribution is 5.96. The van der Waals surface area contributed by atoms with Crippen LogP contribution in [0.5, 0.6) is 11.5 Å². The van der Waals surface area contributed by atoms with Crippen LogP contribution < -0.4 is 14.8 Å². The predicted molar refractivity (Wildman–Crippen MR) is 99.8 cm³/mol. The van der Waals surface area contributed by atoms with Crippen molar-refractivity contribution in [2.75, 3.05) is 33.9 Å². The van der Waals surface area contributed by atoms with E-state index >= 15 is 0 Å². The molecule has 2 atom stereocenters. The predicted octanol–water partition coefficient (Wildman–Crippen LogP) is 2.66. The van der Waals surface area contributed by atoms with Gasteiger partial charge in [0.1, 0.15) is 11.5 Å². The van der Waals surface area contributed by atoms with Crippen molar-refractivity contribution < 1.29 is 14.3 Å². The molecule has 0 aromatic heterocycles. The third-order valence-corrected chi connectivity index (χ3v) is 5.53. The quantitative estimate of drug-likeness (QED) is 0.919. The van der Waals surface area contributed by atoms with Gasteiger partial charge in [0, 0.05) is 43.2 Å². The van der Waals surface area contributed by atoms with Gasteiger partial charge >= 0.3 is 0 Å². The van der Waals surface area contributed by atoms with E-state index in [-0.39, 0.29) is 5.91 Å². The van der Waals surface area contributed by atoms with Gasteiger partial charge in [-0.05, 0) is 35.7 Å². The van der Waals surface area contributed by atoms with Gasteiger partial charge in [-0.2, -0.15) is 0 Å². The van der Waals surface area contributed by atoms with Gasteiger partial charge in [0.05, 0.1) is 14.2 Å². The summed E-state index contributed by atoms with van der Waals surface area (Å²) in [6.07, 6.45) is 0. The number of rotatable bonds is 4. The molecule has 1 fully saturated rings. The molecule has 5 nitrogen and oxygen atoms in total. The molecule has 5 heteroatoms. The Morgan fingerprint density at radius 1 is 1.12 bits per heavy atom. The Morgan fingerprint density at radius 3 is 2.77 bits per heavy atom. The smallest absolute Gasteiger partial charge is 0.251 e. The highest BCUT2D eigenvalue weighted by Gasteiger charge is 2.38. The van der Waals surface area contributed by atoms with Gasteiger partial charge in [-0.25, -0.2) is 0 Å². The number of amides is 1. The van der Waals surface area contributed by atoms with E-state index in [0.29, 0.717) is 11.8 Å². The van der Waals surface area contributed by atoms with E-state index < -0.39 is 0 Å². The third kappa shape index (κ3) is 3.03. The minimum Gasteiger partial charge on any atom is -0.497 e. The van der Waals surface area contributed by atoms with Crippen molar-refractivity contribution in [2.24, 2.45) is 5.92 Å². The maximum Gasteiger partial charge on any atom is 0.251 e. The standard InChI is InChI=1S/C21H24N2O3/c1-25-16-7-8-20(26-2)14(9-16)11-23-12-15-10-22-21(24)18-6-4-3-5-17(18)19(15)13-23/h3-9,15,19H,10-13H2,1-2H3,(H,22,24)/t15-,19-/m1/s1. The topological polar surface area (TPSA) is 50.8 Å². The number of fused-ring (bicyclic) bond motifs is 3. The first-order chi connectivity index (χ1) is 12.7. The molecule has 0 saturated carbocycles. The van der Waals surface area contributed by atoms with Crippen LogP contribution in [-0.2, 0) is 6.54 Å². The second-order valence-electron chi connectivity index (χ2n) is 7.04. The van der Waals surface area contributed by atoms with Gasteiger partial charge in [0.15, 0.2) is 0 Å². The number of nitrogens with zero attached hydrogens (tertiary/aromatic N) is 1. The monoisotopic (exact) mass is 352 g/mol. The molecule has 2 heterocycles. The van der Waals surface area contributed by atoms with Crippen molar-refractivity contribution >= 4 is 5.91 Å². The molecule has 1 N–H and O–H groups in total. The lowest BCUT2D eigenvalue weighted by molar-refractivity contribution is 0.0951. The maximum atomic E-state index is 12.3. The first-order valence-electron chi connectivity index (χ1n) is 9.00. The van der Waals surface area contributed by atoms with E-state index in [1.54, 1.807) is 14.2 Å². The molecule has 4 rings (SSSR count). The van der Waals surface area contributed by atoms with E-state index in [0.717, 1.165) is 48.8 Å². The summed E-state index contributed by atoms with van der Waals surface area (Å²) in [5, 5.41) is 3.09. The molecule has 2 aliphatic rings. The first kappa shape index (κ1) is 16.9. The van der Waals surface area contributed by atoms with Crippen LogP contribution in [0.1, 0.15) is 27.4 Å². The number of ether oxygens (including phenoxy) is 2. The van der Waals surface area contributed by atoms with Crippen molar-refractivity contribution in [3.63, 3.8) is 0 Å². The van der Waals surface area contributed by atoms with E-state index in [4.69, 9.17) is 9.47 Å². The second kappa shape index (κ2) is 7.00. The van der Waals surface area contributed by atoms with Gasteiger partial charge in [0.25, 0.3) is 5.91 Å². The number of nitrogens with one attached hydrogen (secondary N) is 1. The summed E-state index contributed by atoms with van der Waals surface area (Å²) in [5.41, 5.74) is 3.12. The number of carbonyl (C=O) groups excluding carboxylic acids is 1. The van der Waals surface area contributed by atoms with Gasteiger partial charge in [-0.3, -0.25) is 9.69 Å². The Bertz CT molecular complexity index is 821. The summed E-state index contributed by atoms with van der Waals surface area (Å²) in [6, 6.07) is 13.9. The fraction of sp³-hybridized carbons (Fsp3) is 0.381. The maximum absolute atomic E-state index is 12.3. The molecule has 2 aromatic carbocycles. The molecule has 136 valence electrons. The summed E-state index contributed by atoms with van der Waals surface area (Å²) in [5.74, 6) is 2.58. The number of benzene rings is 2. The van der Waals surface area contributed by atoms with E-state index in [2.05, 4.69) is 16.3 Å². The minimum atomic E-state index is 0.0519. The van der Waals surface area contributed by atoms with Crippen LogP contribution in [0.4, 0.5) is 0 Å². The fourth-order valence-electron chi connectivity index (χ4n) is 4.24. The average molecular weight is 352 g/mol. The lowest BCUT2D eigenvalue weighted by atomic mass is 9.87. The van der Waals surface area contributed by atoms with Crippen LogP contribution in [0.15, 0.2) is 42.5 Å². The number of hydrogen-bond acceptors (Lipinski definition) is 4. The van der Waals surface area contributed by atoms with Crippen LogP contribution in [-0.4, -0.2) is 44.7 Å². The summed E-state index contributed by atoms with van der Waals surface area (Å²) in [6.45, 7) is 3.43. The Kier molecular flexibility index (Phi) is 4.55. The van der Waals surface area contributed by atoms with Crippen LogP contribution >= 0.6 is 0 Å². The van der Waals surface area contributed by atoms with E-state index in [1.807, 2.05) is 36.4 Å². The Balaban J connectivity index is 1.58. The molecule has 26 heavy (non-hydrogen) atoms. The summed E-state index contributed by atoms with van der Waals surface area (Å²) in [4.78, 5) is 14.8. The first-order valence-corrected chi connectivity index (χ1v) is 9.00. The second-order valence-corrected chi connectivity index (χ2v) is 7.04. The molecule has 2 aliphatic heterocycles. The number of carbonyl (C=O) groups is 1. The zero-order valence-corrected chi connectivity index (χ0v) is 15.2. The van der Waals surface area contributed by atoms with Crippen molar-refractivity contribution in [1.29, 1.82) is 0 Å². The zero-order chi connectivity index (χ0) is 18.1. The molecule has 0 bridgehead atoms. The van der Waals surface area contributed by atoms with Crippen molar-refractivity contribution in [3.05, 3.63) is 59.2 Å². The Labute approximate surface area is 153 Å². The Hall–Kier alpha value is -2.53. The molecule has 1 saturated heterocycles. The summed E-state index contributed by atoms with van der Waals surface area (Å²) in [7, 11) is 3.38. The summed E-state index contributed by atoms with van der Waals surface area (Å²) < 4.78 is 10.9. The molecule has 1 amide bonds. The molecule has 0 unspecified atom stereocenters. The number of hydrogen-bond donors (Lipinski definition) is 1. The van der Waals surface area contributed by atoms with Crippen molar-refractivity contribution in [3.8, 4) is 11.5 Å². The van der Waals surface area contributed by atoms with Gasteiger partial charge in [-0.15, -0.1) is 0 Å². The molecular weight excluding hydrogens is 328 g/mol.